The van der Waals surface area contributed by atoms with Crippen molar-refractivity contribution in [2.24, 2.45) is 0 Å². The van der Waals surface area contributed by atoms with Gasteiger partial charge in [0, 0.05) is 11.8 Å². The summed E-state index contributed by atoms with van der Waals surface area (Å²) in [5.74, 6) is -0.602. The maximum absolute atomic E-state index is 11.8. The molecule has 5 heteroatoms. The fourth-order valence-corrected chi connectivity index (χ4v) is 2.03. The number of ether oxygens (including phenoxy) is 1. The van der Waals surface area contributed by atoms with E-state index in [0.717, 1.165) is 5.39 Å². The van der Waals surface area contributed by atoms with E-state index in [1.807, 2.05) is 12.1 Å². The summed E-state index contributed by atoms with van der Waals surface area (Å²) in [7, 11) is 1.28. The van der Waals surface area contributed by atoms with Crippen molar-refractivity contribution in [3.63, 3.8) is 0 Å². The summed E-state index contributed by atoms with van der Waals surface area (Å²) in [4.78, 5) is 23.2. The van der Waals surface area contributed by atoms with E-state index in [1.54, 1.807) is 22.9 Å². The van der Waals surface area contributed by atoms with Gasteiger partial charge in [-0.15, -0.1) is 0 Å². The number of methoxy groups -OCH3 is 1. The normalized spacial score (nSPS) is 11.7. The van der Waals surface area contributed by atoms with Gasteiger partial charge in [0.2, 0.25) is 0 Å². The van der Waals surface area contributed by atoms with Gasteiger partial charge in [-0.1, -0.05) is 12.1 Å². The second-order valence-electron chi connectivity index (χ2n) is 4.28. The van der Waals surface area contributed by atoms with Crippen LogP contribution in [0.15, 0.2) is 36.5 Å². The van der Waals surface area contributed by atoms with Crippen LogP contribution in [0.25, 0.3) is 16.6 Å². The molecule has 0 spiro atoms. The van der Waals surface area contributed by atoms with Crippen LogP contribution in [0.2, 0.25) is 0 Å². The van der Waals surface area contributed by atoms with E-state index in [4.69, 9.17) is 9.84 Å². The molecule has 0 bridgehead atoms. The quantitative estimate of drug-likeness (QED) is 0.524. The molecule has 0 unspecified atom stereocenters. The zero-order valence-electron chi connectivity index (χ0n) is 11.3. The molecule has 0 amide bonds. The molecule has 1 N–H and O–H groups in total. The standard InChI is InChI=1S/C15H15NO4/c1-10(18)12-4-3-11-5-7-16(14(11)9-12)13(6-8-17)15(19)20-2/h3-7,9,17H,8H2,1-2H3/b13-6-. The molecule has 0 aliphatic rings. The molecule has 0 aliphatic carbocycles. The van der Waals surface area contributed by atoms with Gasteiger partial charge in [-0.3, -0.25) is 4.79 Å². The largest absolute Gasteiger partial charge is 0.464 e. The van der Waals surface area contributed by atoms with Crippen LogP contribution in [0, 0.1) is 0 Å². The molecule has 2 rings (SSSR count). The number of fused-ring (bicyclic) bond motifs is 1. The van der Waals surface area contributed by atoms with Crippen LogP contribution in [-0.4, -0.2) is 35.1 Å². The summed E-state index contributed by atoms with van der Waals surface area (Å²) in [6, 6.07) is 7.10. The van der Waals surface area contributed by atoms with Crippen molar-refractivity contribution >= 4 is 28.4 Å². The lowest BCUT2D eigenvalue weighted by molar-refractivity contribution is -0.134. The van der Waals surface area contributed by atoms with Gasteiger partial charge in [0.15, 0.2) is 5.78 Å². The van der Waals surface area contributed by atoms with Gasteiger partial charge in [0.25, 0.3) is 0 Å². The second-order valence-corrected chi connectivity index (χ2v) is 4.28. The van der Waals surface area contributed by atoms with E-state index in [9.17, 15) is 9.59 Å². The minimum Gasteiger partial charge on any atom is -0.464 e. The first-order chi connectivity index (χ1) is 9.58. The summed E-state index contributed by atoms with van der Waals surface area (Å²) in [5.41, 5.74) is 1.49. The van der Waals surface area contributed by atoms with Gasteiger partial charge in [0.1, 0.15) is 5.70 Å². The Labute approximate surface area is 116 Å². The van der Waals surface area contributed by atoms with Crippen LogP contribution < -0.4 is 0 Å². The van der Waals surface area contributed by atoms with Crippen molar-refractivity contribution in [3.8, 4) is 0 Å². The number of rotatable bonds is 4. The Bertz CT molecular complexity index is 697. The van der Waals surface area contributed by atoms with Gasteiger partial charge in [-0.25, -0.2) is 4.79 Å². The van der Waals surface area contributed by atoms with Crippen LogP contribution >= 0.6 is 0 Å². The Kier molecular flexibility index (Phi) is 4.00. The highest BCUT2D eigenvalue weighted by molar-refractivity contribution is 6.12. The van der Waals surface area contributed by atoms with Crippen LogP contribution in [0.4, 0.5) is 0 Å². The zero-order valence-corrected chi connectivity index (χ0v) is 11.3. The summed E-state index contributed by atoms with van der Waals surface area (Å²) in [6.45, 7) is 1.20. The molecule has 0 fully saturated rings. The number of carbonyl (C=O) groups is 2. The van der Waals surface area contributed by atoms with Crippen LogP contribution in [0.1, 0.15) is 17.3 Å². The van der Waals surface area contributed by atoms with Crippen LogP contribution in [0.3, 0.4) is 0 Å². The summed E-state index contributed by atoms with van der Waals surface area (Å²) in [5, 5.41) is 9.93. The highest BCUT2D eigenvalue weighted by atomic mass is 16.5. The van der Waals surface area contributed by atoms with Crippen molar-refractivity contribution in [2.75, 3.05) is 13.7 Å². The molecule has 0 aliphatic heterocycles. The maximum Gasteiger partial charge on any atom is 0.354 e. The predicted octanol–water partition coefficient (Wildman–Crippen LogP) is 1.85. The third-order valence-corrected chi connectivity index (χ3v) is 3.04. The number of nitrogens with zero attached hydrogens (tertiary/aromatic N) is 1. The molecule has 1 heterocycles. The number of benzene rings is 1. The third kappa shape index (κ3) is 2.48. The molecule has 2 aromatic rings. The molecule has 104 valence electrons. The minimum absolute atomic E-state index is 0.0506. The molecule has 0 radical (unpaired) electrons. The smallest absolute Gasteiger partial charge is 0.354 e. The van der Waals surface area contributed by atoms with Crippen LogP contribution in [-0.2, 0) is 9.53 Å². The maximum atomic E-state index is 11.8. The fourth-order valence-electron chi connectivity index (χ4n) is 2.03. The predicted molar refractivity (Wildman–Crippen MR) is 75.3 cm³/mol. The zero-order chi connectivity index (χ0) is 14.7. The lowest BCUT2D eigenvalue weighted by Crippen LogP contribution is -2.10. The Morgan fingerprint density at radius 2 is 2.10 bits per heavy atom. The Hall–Kier alpha value is -2.40. The lowest BCUT2D eigenvalue weighted by atomic mass is 10.1. The number of aliphatic hydroxyl groups is 1. The van der Waals surface area contributed by atoms with Crippen LogP contribution in [0.5, 0.6) is 0 Å². The van der Waals surface area contributed by atoms with Gasteiger partial charge in [0.05, 0.1) is 19.2 Å². The number of carbonyl (C=O) groups excluding carboxylic acids is 2. The van der Waals surface area contributed by atoms with E-state index < -0.39 is 5.97 Å². The monoisotopic (exact) mass is 273 g/mol. The molecule has 0 saturated heterocycles. The highest BCUT2D eigenvalue weighted by Gasteiger charge is 2.14. The molecular weight excluding hydrogens is 258 g/mol. The number of hydrogen-bond acceptors (Lipinski definition) is 4. The first-order valence-corrected chi connectivity index (χ1v) is 6.10. The summed E-state index contributed by atoms with van der Waals surface area (Å²) >= 11 is 0. The lowest BCUT2D eigenvalue weighted by Gasteiger charge is -2.09. The Balaban J connectivity index is 2.63. The topological polar surface area (TPSA) is 68.5 Å². The van der Waals surface area contributed by atoms with Gasteiger partial charge in [-0.05, 0) is 30.5 Å². The minimum atomic E-state index is -0.551. The van der Waals surface area contributed by atoms with E-state index in [1.165, 1.54) is 20.1 Å². The average Bonchev–Trinajstić information content (AvgIpc) is 2.86. The molecule has 5 nitrogen and oxygen atoms in total. The highest BCUT2D eigenvalue weighted by Crippen LogP contribution is 2.22. The average molecular weight is 273 g/mol. The van der Waals surface area contributed by atoms with Gasteiger partial charge in [-0.2, -0.15) is 0 Å². The number of aliphatic hydroxyl groups excluding tert-OH is 1. The number of hydrogen-bond donors (Lipinski definition) is 1. The number of Topliss-reactive ketones (excluding diaryl/α,β-unsaturated/α-hetero) is 1. The Morgan fingerprint density at radius 3 is 2.70 bits per heavy atom. The van der Waals surface area contributed by atoms with Gasteiger partial charge >= 0.3 is 5.97 Å². The van der Waals surface area contributed by atoms with E-state index >= 15 is 0 Å². The summed E-state index contributed by atoms with van der Waals surface area (Å²) < 4.78 is 6.31. The van der Waals surface area contributed by atoms with E-state index in [0.29, 0.717) is 11.1 Å². The van der Waals surface area contributed by atoms with Crippen molar-refractivity contribution in [2.45, 2.75) is 6.92 Å². The molecule has 20 heavy (non-hydrogen) atoms. The first-order valence-electron chi connectivity index (χ1n) is 6.10. The molecule has 1 aromatic carbocycles. The summed E-state index contributed by atoms with van der Waals surface area (Å²) in [6.07, 6.45) is 3.07. The number of aromatic nitrogens is 1. The van der Waals surface area contributed by atoms with E-state index in [-0.39, 0.29) is 18.1 Å². The second kappa shape index (κ2) is 5.71. The molecule has 1 aromatic heterocycles. The first kappa shape index (κ1) is 14.0. The van der Waals surface area contributed by atoms with Crippen molar-refractivity contribution in [3.05, 3.63) is 42.1 Å². The third-order valence-electron chi connectivity index (χ3n) is 3.04. The van der Waals surface area contributed by atoms with Crippen molar-refractivity contribution < 1.29 is 19.4 Å². The van der Waals surface area contributed by atoms with Crippen molar-refractivity contribution in [1.82, 2.24) is 4.57 Å². The van der Waals surface area contributed by atoms with E-state index in [2.05, 4.69) is 0 Å². The molecule has 0 atom stereocenters. The number of ketones is 1. The fraction of sp³-hybridized carbons (Fsp3) is 0.200. The number of esters is 1. The van der Waals surface area contributed by atoms with Gasteiger partial charge < -0.3 is 14.4 Å². The molecule has 0 saturated carbocycles. The van der Waals surface area contributed by atoms with Crippen molar-refractivity contribution in [1.29, 1.82) is 0 Å². The Morgan fingerprint density at radius 1 is 1.35 bits per heavy atom. The molecular formula is C15H15NO4. The SMILES string of the molecule is COC(=O)/C(=C/CO)n1ccc2ccc(C(C)=O)cc21.